The lowest BCUT2D eigenvalue weighted by Crippen LogP contribution is -2.60. The van der Waals surface area contributed by atoms with Crippen LogP contribution >= 0.6 is 0 Å². The van der Waals surface area contributed by atoms with E-state index in [2.05, 4.69) is 37.4 Å². The Kier molecular flexibility index (Phi) is 38.8. The van der Waals surface area contributed by atoms with Crippen LogP contribution < -0.4 is 5.32 Å². The van der Waals surface area contributed by atoms with Crippen molar-refractivity contribution in [3.8, 4) is 0 Å². The third-order valence-electron chi connectivity index (χ3n) is 12.5. The number of rotatable bonds is 43. The number of amides is 1. The van der Waals surface area contributed by atoms with E-state index < -0.39 is 74.2 Å². The summed E-state index contributed by atoms with van der Waals surface area (Å²) in [7, 11) is 0. The van der Waals surface area contributed by atoms with E-state index in [0.717, 1.165) is 38.5 Å². The maximum atomic E-state index is 13.1. The van der Waals surface area contributed by atoms with Crippen molar-refractivity contribution in [1.82, 2.24) is 5.32 Å². The van der Waals surface area contributed by atoms with E-state index in [4.69, 9.17) is 9.47 Å². The first-order valence-electron chi connectivity index (χ1n) is 25.7. The number of nitrogens with one attached hydrogen (secondary N) is 1. The Morgan fingerprint density at radius 3 is 1.45 bits per heavy atom. The van der Waals surface area contributed by atoms with E-state index in [1.54, 1.807) is 0 Å². The van der Waals surface area contributed by atoms with E-state index in [0.29, 0.717) is 19.3 Å². The largest absolute Gasteiger partial charge is 0.394 e. The Morgan fingerprint density at radius 1 is 0.565 bits per heavy atom. The Hall–Kier alpha value is -1.41. The number of ether oxygens (including phenoxy) is 2. The number of allylic oxidation sites excluding steroid dienone is 4. The summed E-state index contributed by atoms with van der Waals surface area (Å²) in [4.78, 5) is 13.1. The molecule has 11 nitrogen and oxygen atoms in total. The Bertz CT molecular complexity index is 1060. The van der Waals surface area contributed by atoms with Crippen LogP contribution in [0, 0.1) is 0 Å². The third-order valence-corrected chi connectivity index (χ3v) is 12.5. The second-order valence-corrected chi connectivity index (χ2v) is 18.2. The molecule has 1 aliphatic heterocycles. The molecule has 1 rings (SSSR count). The molecule has 366 valence electrons. The van der Waals surface area contributed by atoms with Crippen LogP contribution in [0.15, 0.2) is 24.3 Å². The summed E-state index contributed by atoms with van der Waals surface area (Å²) in [6.45, 7) is 3.30. The summed E-state index contributed by atoms with van der Waals surface area (Å²) < 4.78 is 11.1. The number of carbonyl (C=O) groups excluding carboxylic acids is 1. The predicted molar refractivity (Wildman–Crippen MR) is 252 cm³/mol. The number of hydrogen-bond donors (Lipinski definition) is 8. The fourth-order valence-electron chi connectivity index (χ4n) is 8.29. The molecule has 0 aromatic heterocycles. The molecule has 9 unspecified atom stereocenters. The molecule has 0 aliphatic carbocycles. The lowest BCUT2D eigenvalue weighted by atomic mass is 9.98. The van der Waals surface area contributed by atoms with E-state index in [9.17, 15) is 40.5 Å². The van der Waals surface area contributed by atoms with Crippen LogP contribution in [-0.2, 0) is 14.3 Å². The topological polar surface area (TPSA) is 189 Å². The zero-order valence-electron chi connectivity index (χ0n) is 39.6. The van der Waals surface area contributed by atoms with Crippen LogP contribution in [0.1, 0.15) is 226 Å². The molecule has 0 saturated carbocycles. The van der Waals surface area contributed by atoms with Gasteiger partial charge in [-0.05, 0) is 44.9 Å². The van der Waals surface area contributed by atoms with Gasteiger partial charge in [-0.1, -0.05) is 205 Å². The third kappa shape index (κ3) is 29.9. The van der Waals surface area contributed by atoms with Crippen molar-refractivity contribution < 1.29 is 50.0 Å². The number of aliphatic hydroxyl groups excluding tert-OH is 7. The van der Waals surface area contributed by atoms with Gasteiger partial charge in [0.1, 0.15) is 36.6 Å². The van der Waals surface area contributed by atoms with E-state index in [1.165, 1.54) is 141 Å². The highest BCUT2D eigenvalue weighted by Crippen LogP contribution is 2.23. The van der Waals surface area contributed by atoms with E-state index in [1.807, 2.05) is 6.08 Å². The second-order valence-electron chi connectivity index (χ2n) is 18.2. The maximum Gasteiger partial charge on any atom is 0.249 e. The van der Waals surface area contributed by atoms with Crippen LogP contribution in [0.5, 0.6) is 0 Å². The molecule has 9 atom stereocenters. The van der Waals surface area contributed by atoms with Crippen LogP contribution in [0.25, 0.3) is 0 Å². The Labute approximate surface area is 378 Å². The van der Waals surface area contributed by atoms with Gasteiger partial charge >= 0.3 is 0 Å². The summed E-state index contributed by atoms with van der Waals surface area (Å²) in [6.07, 6.45) is 35.6. The molecular formula is C51H97NO10. The van der Waals surface area contributed by atoms with Crippen molar-refractivity contribution in [2.75, 3.05) is 13.2 Å². The minimum atomic E-state index is -1.67. The minimum Gasteiger partial charge on any atom is -0.394 e. The van der Waals surface area contributed by atoms with Crippen molar-refractivity contribution in [2.45, 2.75) is 281 Å². The molecule has 0 bridgehead atoms. The highest BCUT2D eigenvalue weighted by molar-refractivity contribution is 5.80. The smallest absolute Gasteiger partial charge is 0.249 e. The standard InChI is InChI=1S/C51H97NO10/c1-3-5-7-9-11-13-14-15-16-17-18-19-20-21-22-23-24-25-26-27-28-29-31-33-35-37-39-44(55)50(60)52-42(41-61-51-49(59)48(58)47(57)45(40-53)62-51)46(56)43(54)38-36-34-32-30-12-10-8-6-4-2/h6,8,30,32,42-49,51,53-59H,3-5,7,9-29,31,33-41H2,1-2H3,(H,52,60)/b8-6+,32-30+. The number of hydrogen-bond acceptors (Lipinski definition) is 10. The first kappa shape index (κ1) is 58.6. The molecule has 0 spiro atoms. The normalized spacial score (nSPS) is 21.5. The summed E-state index contributed by atoms with van der Waals surface area (Å²) in [5, 5.41) is 75.5. The summed E-state index contributed by atoms with van der Waals surface area (Å²) in [6, 6.07) is -1.19. The first-order chi connectivity index (χ1) is 30.2. The zero-order valence-corrected chi connectivity index (χ0v) is 39.6. The second kappa shape index (κ2) is 41.1. The van der Waals surface area contributed by atoms with E-state index >= 15 is 0 Å². The summed E-state index contributed by atoms with van der Waals surface area (Å²) in [5.41, 5.74) is 0. The number of aliphatic hydroxyl groups is 7. The summed E-state index contributed by atoms with van der Waals surface area (Å²) >= 11 is 0. The average Bonchev–Trinajstić information content (AvgIpc) is 3.27. The van der Waals surface area contributed by atoms with Gasteiger partial charge in [0.25, 0.3) is 0 Å². The molecule has 8 N–H and O–H groups in total. The molecule has 0 aromatic rings. The highest BCUT2D eigenvalue weighted by Gasteiger charge is 2.44. The molecule has 0 radical (unpaired) electrons. The fraction of sp³-hybridized carbons (Fsp3) is 0.902. The predicted octanol–water partition coefficient (Wildman–Crippen LogP) is 9.40. The van der Waals surface area contributed by atoms with Gasteiger partial charge < -0.3 is 50.5 Å². The summed E-state index contributed by atoms with van der Waals surface area (Å²) in [5.74, 6) is -0.710. The van der Waals surface area contributed by atoms with Crippen molar-refractivity contribution in [3.05, 3.63) is 24.3 Å². The Morgan fingerprint density at radius 2 is 1.00 bits per heavy atom. The molecule has 1 amide bonds. The average molecular weight is 884 g/mol. The van der Waals surface area contributed by atoms with Gasteiger partial charge in [-0.3, -0.25) is 4.79 Å². The van der Waals surface area contributed by atoms with E-state index in [-0.39, 0.29) is 12.8 Å². The van der Waals surface area contributed by atoms with Crippen LogP contribution in [-0.4, -0.2) is 110 Å². The molecule has 1 fully saturated rings. The van der Waals surface area contributed by atoms with Crippen LogP contribution in [0.3, 0.4) is 0 Å². The first-order valence-corrected chi connectivity index (χ1v) is 25.7. The minimum absolute atomic E-state index is 0.246. The van der Waals surface area contributed by atoms with Gasteiger partial charge in [-0.2, -0.15) is 0 Å². The lowest BCUT2D eigenvalue weighted by molar-refractivity contribution is -0.303. The van der Waals surface area contributed by atoms with Crippen molar-refractivity contribution in [3.63, 3.8) is 0 Å². The highest BCUT2D eigenvalue weighted by atomic mass is 16.7. The lowest BCUT2D eigenvalue weighted by Gasteiger charge is -2.40. The maximum absolute atomic E-state index is 13.1. The van der Waals surface area contributed by atoms with Crippen LogP contribution in [0.4, 0.5) is 0 Å². The zero-order chi connectivity index (χ0) is 45.5. The molecule has 62 heavy (non-hydrogen) atoms. The molecule has 1 saturated heterocycles. The Balaban J connectivity index is 2.25. The van der Waals surface area contributed by atoms with Gasteiger partial charge in [-0.15, -0.1) is 0 Å². The molecule has 1 aliphatic rings. The van der Waals surface area contributed by atoms with Gasteiger partial charge in [0.15, 0.2) is 6.29 Å². The van der Waals surface area contributed by atoms with Crippen molar-refractivity contribution >= 4 is 5.91 Å². The fourth-order valence-corrected chi connectivity index (χ4v) is 8.29. The van der Waals surface area contributed by atoms with Gasteiger partial charge in [-0.25, -0.2) is 0 Å². The van der Waals surface area contributed by atoms with Gasteiger partial charge in [0.05, 0.1) is 25.4 Å². The van der Waals surface area contributed by atoms with Gasteiger partial charge in [0, 0.05) is 0 Å². The molecule has 1 heterocycles. The quantitative estimate of drug-likeness (QED) is 0.0216. The molecular weight excluding hydrogens is 787 g/mol. The molecule has 0 aromatic carbocycles. The monoisotopic (exact) mass is 884 g/mol. The SMILES string of the molecule is CC/C=C/CC/C=C/CCCC(O)C(O)C(COC1OC(CO)C(O)C(O)C1O)NC(=O)C(O)CCCCCCCCCCCCCCCCCCCCCCCCCCCC. The van der Waals surface area contributed by atoms with Crippen molar-refractivity contribution in [1.29, 1.82) is 0 Å². The number of unbranched alkanes of at least 4 members (excludes halogenated alkanes) is 27. The molecule has 11 heteroatoms. The number of carbonyl (C=O) groups is 1. The van der Waals surface area contributed by atoms with Crippen LogP contribution in [0.2, 0.25) is 0 Å². The van der Waals surface area contributed by atoms with Crippen molar-refractivity contribution in [2.24, 2.45) is 0 Å². The van der Waals surface area contributed by atoms with Gasteiger partial charge in [0.2, 0.25) is 5.91 Å².